The number of fused-ring (bicyclic) bond motifs is 1. The van der Waals surface area contributed by atoms with Gasteiger partial charge in [0.1, 0.15) is 0 Å². The molecular formula is C17H14N2O7S. The Morgan fingerprint density at radius 2 is 2.00 bits per heavy atom. The van der Waals surface area contributed by atoms with E-state index in [1.54, 1.807) is 24.5 Å². The average molecular weight is 390 g/mol. The summed E-state index contributed by atoms with van der Waals surface area (Å²) in [7, 11) is 0. The molecule has 1 aliphatic heterocycles. The van der Waals surface area contributed by atoms with Gasteiger partial charge in [-0.15, -0.1) is 11.8 Å². The standard InChI is InChI=1S/C17H14N2O7S/c1-27-15-5-2-10(6-12(15)19(22)23)17(21)24-8-16(20)18-11-3-4-13-14(7-11)26-9-25-13/h2-7H,8-9H2,1H3,(H,18,20). The monoisotopic (exact) mass is 390 g/mol. The molecular weight excluding hydrogens is 376 g/mol. The van der Waals surface area contributed by atoms with Crippen LogP contribution in [0.3, 0.4) is 0 Å². The summed E-state index contributed by atoms with van der Waals surface area (Å²) >= 11 is 1.20. The Hall–Kier alpha value is -3.27. The van der Waals surface area contributed by atoms with Gasteiger partial charge in [0.25, 0.3) is 11.6 Å². The van der Waals surface area contributed by atoms with Crippen molar-refractivity contribution in [2.75, 3.05) is 25.0 Å². The molecule has 1 N–H and O–H groups in total. The van der Waals surface area contributed by atoms with Crippen LogP contribution in [0.15, 0.2) is 41.3 Å². The molecule has 1 heterocycles. The number of carbonyl (C=O) groups excluding carboxylic acids is 2. The summed E-state index contributed by atoms with van der Waals surface area (Å²) in [6.45, 7) is -0.419. The molecule has 10 heteroatoms. The van der Waals surface area contributed by atoms with Crippen molar-refractivity contribution in [1.82, 2.24) is 0 Å². The smallest absolute Gasteiger partial charge is 0.338 e. The second-order valence-corrected chi connectivity index (χ2v) is 6.18. The van der Waals surface area contributed by atoms with Crippen molar-refractivity contribution in [3.63, 3.8) is 0 Å². The van der Waals surface area contributed by atoms with Gasteiger partial charge in [-0.25, -0.2) is 4.79 Å². The molecule has 140 valence electrons. The van der Waals surface area contributed by atoms with Gasteiger partial charge in [-0.3, -0.25) is 14.9 Å². The minimum absolute atomic E-state index is 0.00428. The van der Waals surface area contributed by atoms with E-state index in [2.05, 4.69) is 5.32 Å². The summed E-state index contributed by atoms with van der Waals surface area (Å²) in [6.07, 6.45) is 1.70. The number of hydrogen-bond donors (Lipinski definition) is 1. The number of benzene rings is 2. The van der Waals surface area contributed by atoms with E-state index in [4.69, 9.17) is 14.2 Å². The Bertz CT molecular complexity index is 916. The van der Waals surface area contributed by atoms with Crippen LogP contribution in [-0.2, 0) is 9.53 Å². The zero-order valence-electron chi connectivity index (χ0n) is 14.1. The summed E-state index contributed by atoms with van der Waals surface area (Å²) in [5, 5.41) is 13.6. The molecule has 0 fully saturated rings. The number of esters is 1. The SMILES string of the molecule is CSc1ccc(C(=O)OCC(=O)Nc2ccc3c(c2)OCO3)cc1[N+](=O)[O-]. The van der Waals surface area contributed by atoms with Crippen LogP contribution in [0, 0.1) is 10.1 Å². The number of thioether (sulfide) groups is 1. The van der Waals surface area contributed by atoms with Gasteiger partial charge >= 0.3 is 5.97 Å². The van der Waals surface area contributed by atoms with Crippen LogP contribution in [0.2, 0.25) is 0 Å². The minimum Gasteiger partial charge on any atom is -0.454 e. The fourth-order valence-electron chi connectivity index (χ4n) is 2.35. The Balaban J connectivity index is 1.59. The molecule has 9 nitrogen and oxygen atoms in total. The number of rotatable bonds is 6. The van der Waals surface area contributed by atoms with E-state index in [9.17, 15) is 19.7 Å². The summed E-state index contributed by atoms with van der Waals surface area (Å²) in [4.78, 5) is 34.9. The first-order valence-corrected chi connectivity index (χ1v) is 8.89. The maximum absolute atomic E-state index is 12.1. The van der Waals surface area contributed by atoms with Gasteiger partial charge in [0.15, 0.2) is 18.1 Å². The van der Waals surface area contributed by atoms with Crippen molar-refractivity contribution in [3.8, 4) is 11.5 Å². The summed E-state index contributed by atoms with van der Waals surface area (Å²) in [5.41, 5.74) is 0.261. The average Bonchev–Trinajstić information content (AvgIpc) is 3.13. The first kappa shape index (κ1) is 18.5. The maximum Gasteiger partial charge on any atom is 0.338 e. The molecule has 0 bridgehead atoms. The highest BCUT2D eigenvalue weighted by Crippen LogP contribution is 2.34. The molecule has 3 rings (SSSR count). The number of nitrogens with one attached hydrogen (secondary N) is 1. The Morgan fingerprint density at radius 1 is 1.22 bits per heavy atom. The van der Waals surface area contributed by atoms with Crippen LogP contribution in [0.5, 0.6) is 11.5 Å². The van der Waals surface area contributed by atoms with Crippen molar-refractivity contribution in [1.29, 1.82) is 0 Å². The van der Waals surface area contributed by atoms with Crippen LogP contribution >= 0.6 is 11.8 Å². The number of carbonyl (C=O) groups is 2. The van der Waals surface area contributed by atoms with Crippen molar-refractivity contribution in [2.24, 2.45) is 0 Å². The Labute approximate surface area is 157 Å². The Morgan fingerprint density at radius 3 is 2.74 bits per heavy atom. The number of hydrogen-bond acceptors (Lipinski definition) is 8. The highest BCUT2D eigenvalue weighted by Gasteiger charge is 2.19. The van der Waals surface area contributed by atoms with Gasteiger partial charge in [-0.1, -0.05) is 0 Å². The van der Waals surface area contributed by atoms with Crippen molar-refractivity contribution >= 4 is 35.0 Å². The van der Waals surface area contributed by atoms with Gasteiger partial charge in [0, 0.05) is 17.8 Å². The zero-order chi connectivity index (χ0) is 19.4. The van der Waals surface area contributed by atoms with E-state index in [0.29, 0.717) is 22.1 Å². The normalized spacial score (nSPS) is 11.7. The highest BCUT2D eigenvalue weighted by atomic mass is 32.2. The van der Waals surface area contributed by atoms with Crippen LogP contribution in [-0.4, -0.2) is 36.5 Å². The molecule has 2 aromatic rings. The van der Waals surface area contributed by atoms with E-state index in [0.717, 1.165) is 6.07 Å². The lowest BCUT2D eigenvalue weighted by Gasteiger charge is -2.08. The molecule has 0 saturated carbocycles. The van der Waals surface area contributed by atoms with E-state index in [1.807, 2.05) is 0 Å². The highest BCUT2D eigenvalue weighted by molar-refractivity contribution is 7.98. The molecule has 27 heavy (non-hydrogen) atoms. The molecule has 0 atom stereocenters. The first-order valence-electron chi connectivity index (χ1n) is 7.67. The molecule has 0 aromatic heterocycles. The quantitative estimate of drug-likeness (QED) is 0.346. The fraction of sp³-hybridized carbons (Fsp3) is 0.176. The summed E-state index contributed by atoms with van der Waals surface area (Å²) in [6, 6.07) is 8.87. The van der Waals surface area contributed by atoms with Crippen LogP contribution in [0.4, 0.5) is 11.4 Å². The van der Waals surface area contributed by atoms with Gasteiger partial charge in [0.2, 0.25) is 6.79 Å². The summed E-state index contributed by atoms with van der Waals surface area (Å²) < 4.78 is 15.3. The van der Waals surface area contributed by atoms with Crippen LogP contribution in [0.1, 0.15) is 10.4 Å². The van der Waals surface area contributed by atoms with Gasteiger partial charge in [-0.2, -0.15) is 0 Å². The minimum atomic E-state index is -0.827. The predicted molar refractivity (Wildman–Crippen MR) is 96.4 cm³/mol. The number of anilines is 1. The molecule has 0 saturated heterocycles. The molecule has 2 aromatic carbocycles. The molecule has 1 aliphatic rings. The van der Waals surface area contributed by atoms with E-state index >= 15 is 0 Å². The van der Waals surface area contributed by atoms with Gasteiger partial charge in [-0.05, 0) is 30.5 Å². The van der Waals surface area contributed by atoms with E-state index in [1.165, 1.54) is 23.9 Å². The van der Waals surface area contributed by atoms with E-state index < -0.39 is 23.4 Å². The lowest BCUT2D eigenvalue weighted by Crippen LogP contribution is -2.21. The predicted octanol–water partition coefficient (Wildman–Crippen LogP) is 2.84. The largest absolute Gasteiger partial charge is 0.454 e. The number of nitro benzene ring substituents is 1. The molecule has 0 radical (unpaired) electrons. The summed E-state index contributed by atoms with van der Waals surface area (Å²) in [5.74, 6) is -0.301. The topological polar surface area (TPSA) is 117 Å². The van der Waals surface area contributed by atoms with Crippen molar-refractivity contribution in [2.45, 2.75) is 4.90 Å². The van der Waals surface area contributed by atoms with E-state index in [-0.39, 0.29) is 18.0 Å². The van der Waals surface area contributed by atoms with Crippen molar-refractivity contribution in [3.05, 3.63) is 52.1 Å². The third-order valence-electron chi connectivity index (χ3n) is 3.60. The van der Waals surface area contributed by atoms with Crippen LogP contribution < -0.4 is 14.8 Å². The third-order valence-corrected chi connectivity index (χ3v) is 4.39. The molecule has 0 spiro atoms. The van der Waals surface area contributed by atoms with Crippen LogP contribution in [0.25, 0.3) is 0 Å². The third kappa shape index (κ3) is 4.29. The zero-order valence-corrected chi connectivity index (χ0v) is 14.9. The van der Waals surface area contributed by atoms with Gasteiger partial charge < -0.3 is 19.5 Å². The molecule has 1 amide bonds. The maximum atomic E-state index is 12.1. The Kier molecular flexibility index (Phi) is 5.46. The first-order chi connectivity index (χ1) is 13.0. The molecule has 0 aliphatic carbocycles. The lowest BCUT2D eigenvalue weighted by molar-refractivity contribution is -0.387. The number of ether oxygens (including phenoxy) is 3. The lowest BCUT2D eigenvalue weighted by atomic mass is 10.2. The number of nitrogens with zero attached hydrogens (tertiary/aromatic N) is 1. The molecule has 0 unspecified atom stereocenters. The second-order valence-electron chi connectivity index (χ2n) is 5.34. The fourth-order valence-corrected chi connectivity index (χ4v) is 2.89. The number of nitro groups is 1. The van der Waals surface area contributed by atoms with Gasteiger partial charge in [0.05, 0.1) is 15.4 Å². The second kappa shape index (κ2) is 7.96. The van der Waals surface area contributed by atoms with Crippen molar-refractivity contribution < 1.29 is 28.7 Å². The number of amides is 1.